The average Bonchev–Trinajstić information content (AvgIpc) is 4.29. The van der Waals surface area contributed by atoms with E-state index < -0.39 is 50.8 Å². The molecule has 0 radical (unpaired) electrons. The highest BCUT2D eigenvalue weighted by Crippen LogP contribution is 2.34. The molecule has 2 aliphatic rings. The Kier molecular flexibility index (Phi) is 17.6. The lowest BCUT2D eigenvalue weighted by atomic mass is 9.97. The van der Waals surface area contributed by atoms with Crippen molar-refractivity contribution in [1.82, 2.24) is 12.8 Å². The number of imide groups is 1. The normalized spacial score (nSPS) is 18.4. The van der Waals surface area contributed by atoms with Crippen LogP contribution in [0.3, 0.4) is 0 Å². The van der Waals surface area contributed by atoms with Crippen molar-refractivity contribution < 1.29 is 54.8 Å². The molecule has 2 amide bonds. The van der Waals surface area contributed by atoms with Gasteiger partial charge in [0.1, 0.15) is 24.4 Å². The first kappa shape index (κ1) is 56.3. The van der Waals surface area contributed by atoms with Gasteiger partial charge < -0.3 is 28.4 Å². The predicted molar refractivity (Wildman–Crippen MR) is 310 cm³/mol. The van der Waals surface area contributed by atoms with Gasteiger partial charge in [0.2, 0.25) is 0 Å². The molecule has 0 bridgehead atoms. The van der Waals surface area contributed by atoms with Crippen LogP contribution in [0.25, 0.3) is 21.8 Å². The number of hydrogen-bond acceptors (Lipinski definition) is 12. The Labute approximate surface area is 477 Å². The van der Waals surface area contributed by atoms with Gasteiger partial charge in [0.05, 0.1) is 65.0 Å². The summed E-state index contributed by atoms with van der Waals surface area (Å²) in [5.41, 5.74) is 5.25. The van der Waals surface area contributed by atoms with E-state index in [1.807, 2.05) is 97.1 Å². The Bertz CT molecular complexity index is 3820. The molecule has 0 spiro atoms. The molecule has 0 saturated carbocycles. The summed E-state index contributed by atoms with van der Waals surface area (Å²) in [6, 6.07) is 57.8. The number of carbonyl (C=O) groups excluding carboxylic acids is 2. The molecule has 5 atom stereocenters. The number of benzene rings is 7. The molecule has 0 unspecified atom stereocenters. The topological polar surface area (TPSA) is 171 Å². The Morgan fingerprint density at radius 2 is 0.890 bits per heavy atom. The zero-order valence-electron chi connectivity index (χ0n) is 45.1. The van der Waals surface area contributed by atoms with E-state index >= 15 is 0 Å². The summed E-state index contributed by atoms with van der Waals surface area (Å²) in [6.07, 6.45) is 1.47. The lowest BCUT2D eigenvalue weighted by Crippen LogP contribution is -2.62. The zero-order valence-corrected chi connectivity index (χ0v) is 46.7. The van der Waals surface area contributed by atoms with Gasteiger partial charge in [-0.1, -0.05) is 146 Å². The quantitative estimate of drug-likeness (QED) is 0.0372. The maximum atomic E-state index is 14.1. The predicted octanol–water partition coefficient (Wildman–Crippen LogP) is 10.6. The molecule has 1 saturated heterocycles. The number of ether oxygens (including phenoxy) is 6. The fraction of sp³-hybridized carbons (Fsp3) is 0.262. The first-order valence-corrected chi connectivity index (χ1v) is 30.5. The number of para-hydroxylation sites is 2. The van der Waals surface area contributed by atoms with Crippen molar-refractivity contribution in [3.05, 3.63) is 240 Å². The van der Waals surface area contributed by atoms with Crippen LogP contribution in [0.2, 0.25) is 0 Å². The van der Waals surface area contributed by atoms with Crippen LogP contribution in [0, 0.1) is 0 Å². The van der Waals surface area contributed by atoms with E-state index in [-0.39, 0.29) is 54.6 Å². The van der Waals surface area contributed by atoms with Gasteiger partial charge in [0.15, 0.2) is 6.29 Å². The van der Waals surface area contributed by atoms with Crippen LogP contribution in [-0.4, -0.2) is 105 Å². The second-order valence-corrected chi connectivity index (χ2v) is 23.9. The molecule has 4 heterocycles. The molecule has 9 aromatic rings. The summed E-state index contributed by atoms with van der Waals surface area (Å²) in [5.74, 6) is -0.554. The van der Waals surface area contributed by atoms with Crippen LogP contribution in [0.1, 0.15) is 62.2 Å². The SMILES string of the molecule is O=C1c2ccccc2C(=O)N1CCCCCOC[C@H]1O[C@H](OCCc2cn(S(=O)(=O)c3ccccc3)c3ccccc23)[C@H](OCCc2cn(S(=O)(=O)c3ccccc3)c3ccccc23)[C@@H](OCc2ccccc2)[C@@H]1OCc1ccccc1. The van der Waals surface area contributed by atoms with Crippen molar-refractivity contribution in [2.45, 2.75) is 85.8 Å². The Morgan fingerprint density at radius 3 is 1.41 bits per heavy atom. The third-order valence-corrected chi connectivity index (χ3v) is 18.3. The van der Waals surface area contributed by atoms with Crippen LogP contribution in [0.4, 0.5) is 0 Å². The fourth-order valence-electron chi connectivity index (χ4n) is 10.8. The van der Waals surface area contributed by atoms with E-state index in [0.29, 0.717) is 67.4 Å². The van der Waals surface area contributed by atoms with Gasteiger partial charge in [0, 0.05) is 36.3 Å². The monoisotopic (exact) mass is 1140 g/mol. The molecule has 7 aromatic carbocycles. The molecule has 17 heteroatoms. The van der Waals surface area contributed by atoms with Gasteiger partial charge in [-0.05, 0) is 103 Å². The van der Waals surface area contributed by atoms with Crippen molar-refractivity contribution in [3.63, 3.8) is 0 Å². The van der Waals surface area contributed by atoms with Crippen molar-refractivity contribution in [3.8, 4) is 0 Å². The second kappa shape index (κ2) is 25.7. The molecular weight excluding hydrogens is 1080 g/mol. The Morgan fingerprint density at radius 1 is 0.439 bits per heavy atom. The maximum absolute atomic E-state index is 14.1. The van der Waals surface area contributed by atoms with Crippen molar-refractivity contribution in [2.75, 3.05) is 33.0 Å². The van der Waals surface area contributed by atoms with E-state index in [9.17, 15) is 26.4 Å². The minimum absolute atomic E-state index is 0.0792. The second-order valence-electron chi connectivity index (χ2n) is 20.3. The lowest BCUT2D eigenvalue weighted by molar-refractivity contribution is -0.326. The summed E-state index contributed by atoms with van der Waals surface area (Å²) in [4.78, 5) is 27.7. The van der Waals surface area contributed by atoms with Crippen molar-refractivity contribution in [2.24, 2.45) is 0 Å². The average molecular weight is 1140 g/mol. The lowest BCUT2D eigenvalue weighted by Gasteiger charge is -2.46. The van der Waals surface area contributed by atoms with E-state index in [2.05, 4.69) is 0 Å². The molecule has 15 nitrogen and oxygen atoms in total. The largest absolute Gasteiger partial charge is 0.379 e. The van der Waals surface area contributed by atoms with Crippen LogP contribution < -0.4 is 0 Å². The van der Waals surface area contributed by atoms with Crippen LogP contribution in [-0.2, 0) is 74.5 Å². The van der Waals surface area contributed by atoms with Gasteiger partial charge in [-0.25, -0.2) is 24.8 Å². The fourth-order valence-corrected chi connectivity index (χ4v) is 13.6. The minimum Gasteiger partial charge on any atom is -0.379 e. The molecule has 1 fully saturated rings. The summed E-state index contributed by atoms with van der Waals surface area (Å²) < 4.78 is 100. The standard InChI is InChI=1S/C65H63N3O12S2/c69-63-55-32-14-15-33-56(55)64(70)66(63)38-20-5-21-39-75-46-59-60(78-44-47-22-6-1-7-23-47)61(79-45-48-24-8-2-9-25-48)62(76-40-36-49-42-67(57-34-18-16-30-53(49)57)81(71,72)51-26-10-3-11-27-51)65(80-59)77-41-37-50-43-68(58-35-19-17-31-54(50)58)82(73,74)52-28-12-4-13-29-52/h1-4,6-19,22-35,42-43,59-62,65H,5,20-21,36-41,44-46H2/t59-,60-,61+,62-,65+/m1/s1. The van der Waals surface area contributed by atoms with Gasteiger partial charge in [-0.3, -0.25) is 14.5 Å². The maximum Gasteiger partial charge on any atom is 0.268 e. The third-order valence-electron chi connectivity index (χ3n) is 14.9. The molecule has 2 aromatic heterocycles. The van der Waals surface area contributed by atoms with Gasteiger partial charge in [0.25, 0.3) is 31.9 Å². The number of nitrogens with zero attached hydrogens (tertiary/aromatic N) is 3. The highest BCUT2D eigenvalue weighted by molar-refractivity contribution is 7.90. The summed E-state index contributed by atoms with van der Waals surface area (Å²) >= 11 is 0. The number of aromatic nitrogens is 2. The molecule has 0 N–H and O–H groups in total. The highest BCUT2D eigenvalue weighted by atomic mass is 32.2. The number of amides is 2. The third kappa shape index (κ3) is 12.3. The van der Waals surface area contributed by atoms with Crippen LogP contribution in [0.5, 0.6) is 0 Å². The first-order chi connectivity index (χ1) is 40.1. The number of hydrogen-bond donors (Lipinski definition) is 0. The smallest absolute Gasteiger partial charge is 0.268 e. The zero-order chi connectivity index (χ0) is 56.5. The highest BCUT2D eigenvalue weighted by Gasteiger charge is 2.49. The number of unbranched alkanes of at least 4 members (excludes halogenated alkanes) is 2. The number of fused-ring (bicyclic) bond motifs is 3. The van der Waals surface area contributed by atoms with Crippen LogP contribution >= 0.6 is 0 Å². The van der Waals surface area contributed by atoms with Gasteiger partial charge in [-0.15, -0.1) is 0 Å². The van der Waals surface area contributed by atoms with E-state index in [0.717, 1.165) is 33.0 Å². The molecule has 2 aliphatic heterocycles. The van der Waals surface area contributed by atoms with Crippen molar-refractivity contribution >= 4 is 53.7 Å². The summed E-state index contributed by atoms with van der Waals surface area (Å²) in [5, 5.41) is 1.51. The van der Waals surface area contributed by atoms with E-state index in [1.165, 1.54) is 12.8 Å². The molecular formula is C65H63N3O12S2. The van der Waals surface area contributed by atoms with Gasteiger partial charge in [-0.2, -0.15) is 0 Å². The first-order valence-electron chi connectivity index (χ1n) is 27.6. The Hall–Kier alpha value is -7.58. The molecule has 82 heavy (non-hydrogen) atoms. The number of rotatable bonds is 26. The van der Waals surface area contributed by atoms with E-state index in [1.54, 1.807) is 109 Å². The summed E-state index contributed by atoms with van der Waals surface area (Å²) in [6.45, 7) is 1.29. The summed E-state index contributed by atoms with van der Waals surface area (Å²) in [7, 11) is -7.91. The van der Waals surface area contributed by atoms with E-state index in [4.69, 9.17) is 28.4 Å². The minimum atomic E-state index is -3.96. The molecule has 422 valence electrons. The molecule has 11 rings (SSSR count). The van der Waals surface area contributed by atoms with Crippen molar-refractivity contribution in [1.29, 1.82) is 0 Å². The van der Waals surface area contributed by atoms with Gasteiger partial charge >= 0.3 is 0 Å². The van der Waals surface area contributed by atoms with Crippen LogP contribution in [0.15, 0.2) is 216 Å². The Balaban J connectivity index is 0.876. The molecule has 0 aliphatic carbocycles. The number of carbonyl (C=O) groups is 2.